The monoisotopic (exact) mass is 802 g/mol. The van der Waals surface area contributed by atoms with Crippen molar-refractivity contribution in [2.45, 2.75) is 140 Å². The van der Waals surface area contributed by atoms with Crippen molar-refractivity contribution < 1.29 is 45.9 Å². The fraction of sp³-hybridized carbons (Fsp3) is 0.692. The SMILES string of the molecule is CC[C@@H]1[C@@H]2CN(C(=O)[C@H](C(C)(C)C)NC(=O)OC3CC(CCCC(F)(F)c4nc5ccccc5nc4O2)C3)[C@@H]1C(=O)N[C@]1(C(=O)NS(=O)(=O)C2CC2)C[C@H]1CC. The van der Waals surface area contributed by atoms with Gasteiger partial charge in [-0.2, -0.15) is 8.78 Å². The smallest absolute Gasteiger partial charge is 0.408 e. The minimum Gasteiger partial charge on any atom is -0.471 e. The van der Waals surface area contributed by atoms with E-state index in [-0.39, 0.29) is 43.2 Å². The summed E-state index contributed by atoms with van der Waals surface area (Å²) in [5.74, 6) is -7.16. The number of hydrogen-bond acceptors (Lipinski definition) is 10. The number of para-hydroxylation sites is 2. The zero-order chi connectivity index (χ0) is 40.4. The third-order valence-electron chi connectivity index (χ3n) is 12.3. The molecule has 3 aliphatic carbocycles. The van der Waals surface area contributed by atoms with Crippen LogP contribution in [0.1, 0.15) is 105 Å². The van der Waals surface area contributed by atoms with Crippen LogP contribution in [0.4, 0.5) is 13.6 Å². The Morgan fingerprint density at radius 3 is 2.30 bits per heavy atom. The molecule has 4 heterocycles. The Morgan fingerprint density at radius 2 is 1.70 bits per heavy atom. The molecule has 3 saturated carbocycles. The van der Waals surface area contributed by atoms with Gasteiger partial charge in [0, 0.05) is 12.3 Å². The molecule has 1 aromatic carbocycles. The van der Waals surface area contributed by atoms with Crippen LogP contribution < -0.4 is 20.1 Å². The number of aromatic nitrogens is 2. The average Bonchev–Trinajstić information content (AvgIpc) is 4.04. The highest BCUT2D eigenvalue weighted by atomic mass is 32.2. The molecule has 0 radical (unpaired) electrons. The van der Waals surface area contributed by atoms with E-state index >= 15 is 8.78 Å². The first-order valence-corrected chi connectivity index (χ1v) is 21.4. The zero-order valence-corrected chi connectivity index (χ0v) is 33.3. The Kier molecular flexibility index (Phi) is 10.5. The molecule has 1 saturated heterocycles. The molecule has 6 atom stereocenters. The summed E-state index contributed by atoms with van der Waals surface area (Å²) in [5, 5.41) is 4.92. The maximum atomic E-state index is 16.3. The van der Waals surface area contributed by atoms with Gasteiger partial charge in [-0.15, -0.1) is 0 Å². The van der Waals surface area contributed by atoms with Gasteiger partial charge in [0.25, 0.3) is 11.8 Å². The minimum absolute atomic E-state index is 0.0884. The van der Waals surface area contributed by atoms with Gasteiger partial charge in [0.2, 0.25) is 27.7 Å². The molecule has 0 unspecified atom stereocenters. The van der Waals surface area contributed by atoms with Gasteiger partial charge in [-0.1, -0.05) is 53.2 Å². The van der Waals surface area contributed by atoms with Gasteiger partial charge >= 0.3 is 6.09 Å². The molecular formula is C39H52F2N6O8S. The molecule has 4 fully saturated rings. The van der Waals surface area contributed by atoms with E-state index in [2.05, 4.69) is 25.3 Å². The Hall–Kier alpha value is -4.15. The highest BCUT2D eigenvalue weighted by Crippen LogP contribution is 2.48. The van der Waals surface area contributed by atoms with Gasteiger partial charge in [0.1, 0.15) is 29.8 Å². The molecular weight excluding hydrogens is 751 g/mol. The topological polar surface area (TPSA) is 186 Å². The number of sulfonamides is 1. The number of benzene rings is 1. The number of alkyl carbamates (subject to hydrolysis) is 1. The maximum absolute atomic E-state index is 16.3. The first kappa shape index (κ1) is 40.1. The van der Waals surface area contributed by atoms with E-state index in [1.807, 2.05) is 6.92 Å². The number of amides is 4. The largest absolute Gasteiger partial charge is 0.471 e. The molecule has 306 valence electrons. The summed E-state index contributed by atoms with van der Waals surface area (Å²) in [4.78, 5) is 66.6. The van der Waals surface area contributed by atoms with E-state index in [1.165, 1.54) is 4.90 Å². The number of nitrogens with zero attached hydrogens (tertiary/aromatic N) is 3. The van der Waals surface area contributed by atoms with Crippen molar-refractivity contribution in [3.05, 3.63) is 30.0 Å². The van der Waals surface area contributed by atoms with E-state index in [4.69, 9.17) is 9.47 Å². The van der Waals surface area contributed by atoms with E-state index in [0.29, 0.717) is 44.0 Å². The van der Waals surface area contributed by atoms with Crippen LogP contribution in [0.2, 0.25) is 0 Å². The number of carbonyl (C=O) groups is 4. The quantitative estimate of drug-likeness (QED) is 0.355. The molecule has 17 heteroatoms. The fourth-order valence-electron chi connectivity index (χ4n) is 8.64. The third-order valence-corrected chi connectivity index (χ3v) is 14.1. The first-order valence-electron chi connectivity index (χ1n) is 19.8. The van der Waals surface area contributed by atoms with Crippen LogP contribution in [0.15, 0.2) is 24.3 Å². The van der Waals surface area contributed by atoms with Gasteiger partial charge < -0.3 is 25.0 Å². The summed E-state index contributed by atoms with van der Waals surface area (Å²) >= 11 is 0. The average molecular weight is 803 g/mol. The number of carbonyl (C=O) groups excluding carboxylic acids is 4. The minimum atomic E-state index is -3.94. The highest BCUT2D eigenvalue weighted by molar-refractivity contribution is 7.91. The number of rotatable bonds is 7. The van der Waals surface area contributed by atoms with Gasteiger partial charge in [-0.05, 0) is 80.8 Å². The fourth-order valence-corrected chi connectivity index (χ4v) is 10.0. The summed E-state index contributed by atoms with van der Waals surface area (Å²) in [6.07, 6.45) is 0.608. The second-order valence-corrected chi connectivity index (χ2v) is 19.3. The van der Waals surface area contributed by atoms with Crippen molar-refractivity contribution in [3.8, 4) is 5.88 Å². The van der Waals surface area contributed by atoms with Crippen LogP contribution in [0.5, 0.6) is 5.88 Å². The summed E-state index contributed by atoms with van der Waals surface area (Å²) in [6, 6.07) is 4.10. The number of nitrogens with one attached hydrogen (secondary N) is 3. The normalized spacial score (nSPS) is 32.1. The van der Waals surface area contributed by atoms with Crippen LogP contribution in [0.25, 0.3) is 11.0 Å². The molecule has 4 amide bonds. The number of halogens is 2. The van der Waals surface area contributed by atoms with E-state index in [0.717, 1.165) is 0 Å². The summed E-state index contributed by atoms with van der Waals surface area (Å²) < 4.78 is 72.4. The lowest BCUT2D eigenvalue weighted by atomic mass is 9.79. The molecule has 2 aromatic rings. The van der Waals surface area contributed by atoms with E-state index < -0.39 is 104 Å². The molecule has 4 bridgehead atoms. The summed E-state index contributed by atoms with van der Waals surface area (Å²) in [6.45, 7) is 8.61. The maximum Gasteiger partial charge on any atom is 0.408 e. The first-order chi connectivity index (χ1) is 26.4. The zero-order valence-electron chi connectivity index (χ0n) is 32.5. The molecule has 1 aromatic heterocycles. The Labute approximate surface area is 325 Å². The molecule has 6 aliphatic rings. The van der Waals surface area contributed by atoms with Gasteiger partial charge in [0.15, 0.2) is 5.69 Å². The number of fused-ring (bicyclic) bond motifs is 8. The van der Waals surface area contributed by atoms with Gasteiger partial charge in [-0.25, -0.2) is 23.2 Å². The van der Waals surface area contributed by atoms with Crippen molar-refractivity contribution in [1.82, 2.24) is 30.2 Å². The van der Waals surface area contributed by atoms with Crippen molar-refractivity contribution in [2.24, 2.45) is 23.2 Å². The van der Waals surface area contributed by atoms with Crippen molar-refractivity contribution in [3.63, 3.8) is 0 Å². The van der Waals surface area contributed by atoms with Gasteiger partial charge in [-0.3, -0.25) is 19.1 Å². The second-order valence-electron chi connectivity index (χ2n) is 17.4. The Morgan fingerprint density at radius 1 is 1.02 bits per heavy atom. The number of ether oxygens (including phenoxy) is 2. The number of alkyl halides is 2. The lowest BCUT2D eigenvalue weighted by Gasteiger charge is -2.38. The van der Waals surface area contributed by atoms with Crippen LogP contribution in [-0.2, 0) is 35.1 Å². The van der Waals surface area contributed by atoms with Crippen LogP contribution in [0.3, 0.4) is 0 Å². The lowest BCUT2D eigenvalue weighted by Crippen LogP contribution is -2.61. The van der Waals surface area contributed by atoms with Crippen molar-refractivity contribution >= 4 is 44.9 Å². The molecule has 56 heavy (non-hydrogen) atoms. The standard InChI is InChI=1S/C39H52F2N6O8S/c1-6-22-19-38(22,35(50)46-56(52,53)24-14-15-24)45-32(48)29-25(7-2)28-20-47(29)34(49)31(37(3,4)5)44-36(51)54-23-17-21(18-23)11-10-16-39(40,41)30-33(55-28)43-27-13-9-8-12-26(27)42-30/h8-9,12-13,21-25,28-29,31H,6-7,10-11,14-20H2,1-5H3,(H,44,51)(H,45,48)(H,46,50)/t21?,22-,23?,25-,28+,29+,31-,38-/m1/s1. The predicted octanol–water partition coefficient (Wildman–Crippen LogP) is 4.70. The van der Waals surface area contributed by atoms with Crippen LogP contribution in [-0.4, -0.2) is 88.7 Å². The van der Waals surface area contributed by atoms with E-state index in [1.54, 1.807) is 52.0 Å². The molecule has 8 rings (SSSR count). The number of hydrogen-bond donors (Lipinski definition) is 3. The van der Waals surface area contributed by atoms with Crippen LogP contribution in [0, 0.1) is 23.2 Å². The summed E-state index contributed by atoms with van der Waals surface area (Å²) in [7, 11) is -3.94. The summed E-state index contributed by atoms with van der Waals surface area (Å²) in [5.41, 5.74) is -2.49. The van der Waals surface area contributed by atoms with Gasteiger partial charge in [0.05, 0.1) is 22.8 Å². The molecule has 3 N–H and O–H groups in total. The molecule has 3 aliphatic heterocycles. The van der Waals surface area contributed by atoms with E-state index in [9.17, 15) is 27.6 Å². The van der Waals surface area contributed by atoms with Crippen molar-refractivity contribution in [1.29, 1.82) is 0 Å². The molecule has 0 spiro atoms. The Balaban J connectivity index is 1.28. The lowest BCUT2D eigenvalue weighted by molar-refractivity contribution is -0.143. The van der Waals surface area contributed by atoms with Crippen LogP contribution >= 0.6 is 0 Å². The predicted molar refractivity (Wildman–Crippen MR) is 200 cm³/mol. The highest BCUT2D eigenvalue weighted by Gasteiger charge is 2.63. The third kappa shape index (κ3) is 7.76. The second kappa shape index (κ2) is 14.7. The Bertz CT molecular complexity index is 2000. The van der Waals surface area contributed by atoms with Crippen molar-refractivity contribution in [2.75, 3.05) is 6.54 Å². The molecule has 14 nitrogen and oxygen atoms in total.